The lowest BCUT2D eigenvalue weighted by Crippen LogP contribution is -2.19. The van der Waals surface area contributed by atoms with E-state index in [1.54, 1.807) is 12.1 Å². The molecule has 3 heteroatoms. The smallest absolute Gasteiger partial charge is 0.293 e. The van der Waals surface area contributed by atoms with Crippen LogP contribution in [-0.2, 0) is 9.78 Å². The van der Waals surface area contributed by atoms with Crippen LogP contribution >= 0.6 is 0 Å². The second-order valence-electron chi connectivity index (χ2n) is 5.67. The lowest BCUT2D eigenvalue weighted by Gasteiger charge is -2.19. The Hall–Kier alpha value is -2.13. The molecule has 22 heavy (non-hydrogen) atoms. The van der Waals surface area contributed by atoms with E-state index in [0.717, 1.165) is 36.8 Å². The molecule has 0 N–H and O–H groups in total. The molecule has 0 radical (unpaired) electrons. The zero-order valence-corrected chi connectivity index (χ0v) is 12.5. The maximum atomic E-state index is 12.0. The van der Waals surface area contributed by atoms with Gasteiger partial charge in [-0.15, -0.1) is 0 Å². The summed E-state index contributed by atoms with van der Waals surface area (Å²) in [5, 5.41) is 0. The Morgan fingerprint density at radius 3 is 2.14 bits per heavy atom. The summed E-state index contributed by atoms with van der Waals surface area (Å²) in [6.07, 6.45) is 5.54. The van der Waals surface area contributed by atoms with Crippen LogP contribution in [0, 0.1) is 0 Å². The summed E-state index contributed by atoms with van der Waals surface area (Å²) in [4.78, 5) is 22.2. The van der Waals surface area contributed by atoms with Crippen LogP contribution in [0.5, 0.6) is 0 Å². The average molecular weight is 296 g/mol. The van der Waals surface area contributed by atoms with Gasteiger partial charge in [-0.3, -0.25) is 4.89 Å². The second kappa shape index (κ2) is 7.23. The van der Waals surface area contributed by atoms with Crippen LogP contribution in [0.25, 0.3) is 11.1 Å². The van der Waals surface area contributed by atoms with E-state index in [2.05, 4.69) is 0 Å². The SMILES string of the molecule is O=C(OOC1CCCCC1)c1ccc(-c2ccccc2)cc1. The van der Waals surface area contributed by atoms with E-state index in [1.165, 1.54) is 6.42 Å². The number of rotatable bonds is 4. The Balaban J connectivity index is 1.59. The molecule has 0 amide bonds. The standard InChI is InChI=1S/C19H20O3/c20-19(22-21-18-9-5-2-6-10-18)17-13-11-16(12-14-17)15-7-3-1-4-8-15/h1,3-4,7-8,11-14,18H,2,5-6,9-10H2. The van der Waals surface area contributed by atoms with Gasteiger partial charge in [-0.25, -0.2) is 4.79 Å². The van der Waals surface area contributed by atoms with Crippen molar-refractivity contribution in [3.8, 4) is 11.1 Å². The highest BCUT2D eigenvalue weighted by Gasteiger charge is 2.17. The molecule has 0 aliphatic heterocycles. The normalized spacial score (nSPS) is 15.5. The summed E-state index contributed by atoms with van der Waals surface area (Å²) in [6.45, 7) is 0. The second-order valence-corrected chi connectivity index (χ2v) is 5.67. The molecule has 1 fully saturated rings. The topological polar surface area (TPSA) is 35.5 Å². The Morgan fingerprint density at radius 2 is 1.45 bits per heavy atom. The van der Waals surface area contributed by atoms with Gasteiger partial charge in [0.05, 0.1) is 5.56 Å². The fourth-order valence-corrected chi connectivity index (χ4v) is 2.75. The fourth-order valence-electron chi connectivity index (χ4n) is 2.75. The largest absolute Gasteiger partial charge is 0.373 e. The van der Waals surface area contributed by atoms with Crippen LogP contribution in [0.3, 0.4) is 0 Å². The first kappa shape index (κ1) is 14.8. The van der Waals surface area contributed by atoms with E-state index in [4.69, 9.17) is 9.78 Å². The van der Waals surface area contributed by atoms with Gasteiger partial charge in [0, 0.05) is 0 Å². The zero-order valence-electron chi connectivity index (χ0n) is 12.5. The Labute approximate surface area is 130 Å². The van der Waals surface area contributed by atoms with E-state index in [-0.39, 0.29) is 6.10 Å². The van der Waals surface area contributed by atoms with E-state index in [0.29, 0.717) is 5.56 Å². The van der Waals surface area contributed by atoms with Crippen LogP contribution in [0.4, 0.5) is 0 Å². The molecule has 0 heterocycles. The highest BCUT2D eigenvalue weighted by atomic mass is 17.2. The molecule has 1 aliphatic rings. The van der Waals surface area contributed by atoms with Crippen molar-refractivity contribution in [2.45, 2.75) is 38.2 Å². The third kappa shape index (κ3) is 3.74. The van der Waals surface area contributed by atoms with Crippen molar-refractivity contribution in [3.63, 3.8) is 0 Å². The van der Waals surface area contributed by atoms with E-state index < -0.39 is 5.97 Å². The third-order valence-corrected chi connectivity index (χ3v) is 4.04. The first-order valence-electron chi connectivity index (χ1n) is 7.86. The minimum atomic E-state index is -0.426. The molecule has 0 atom stereocenters. The quantitative estimate of drug-likeness (QED) is 0.602. The van der Waals surface area contributed by atoms with Gasteiger partial charge in [-0.05, 0) is 36.1 Å². The highest BCUT2D eigenvalue weighted by Crippen LogP contribution is 2.22. The Kier molecular flexibility index (Phi) is 4.86. The molecule has 114 valence electrons. The van der Waals surface area contributed by atoms with Crippen molar-refractivity contribution in [1.82, 2.24) is 0 Å². The summed E-state index contributed by atoms with van der Waals surface area (Å²) in [6, 6.07) is 17.4. The van der Waals surface area contributed by atoms with Gasteiger partial charge in [0.25, 0.3) is 0 Å². The summed E-state index contributed by atoms with van der Waals surface area (Å²) >= 11 is 0. The zero-order chi connectivity index (χ0) is 15.2. The molecule has 0 unspecified atom stereocenters. The maximum Gasteiger partial charge on any atom is 0.373 e. The predicted octanol–water partition coefficient (Wildman–Crippen LogP) is 4.77. The van der Waals surface area contributed by atoms with Crippen LogP contribution in [0.15, 0.2) is 54.6 Å². The maximum absolute atomic E-state index is 12.0. The monoisotopic (exact) mass is 296 g/mol. The predicted molar refractivity (Wildman–Crippen MR) is 85.3 cm³/mol. The molecule has 1 aliphatic carbocycles. The summed E-state index contributed by atoms with van der Waals surface area (Å²) < 4.78 is 0. The van der Waals surface area contributed by atoms with Gasteiger partial charge in [0.2, 0.25) is 0 Å². The van der Waals surface area contributed by atoms with E-state index in [1.807, 2.05) is 42.5 Å². The molecular weight excluding hydrogens is 276 g/mol. The molecule has 0 aromatic heterocycles. The van der Waals surface area contributed by atoms with Crippen molar-refractivity contribution in [3.05, 3.63) is 60.2 Å². The van der Waals surface area contributed by atoms with Crippen molar-refractivity contribution in [2.75, 3.05) is 0 Å². The average Bonchev–Trinajstić information content (AvgIpc) is 2.61. The van der Waals surface area contributed by atoms with Gasteiger partial charge in [0.15, 0.2) is 0 Å². The van der Waals surface area contributed by atoms with Crippen molar-refractivity contribution in [1.29, 1.82) is 0 Å². The van der Waals surface area contributed by atoms with Gasteiger partial charge >= 0.3 is 5.97 Å². The first-order chi connectivity index (χ1) is 10.8. The minimum absolute atomic E-state index is 0.0568. The van der Waals surface area contributed by atoms with Gasteiger partial charge in [-0.1, -0.05) is 61.7 Å². The third-order valence-electron chi connectivity index (χ3n) is 4.04. The van der Waals surface area contributed by atoms with E-state index >= 15 is 0 Å². The van der Waals surface area contributed by atoms with Gasteiger partial charge in [-0.2, -0.15) is 4.89 Å². The Morgan fingerprint density at radius 1 is 0.818 bits per heavy atom. The number of carbonyl (C=O) groups is 1. The lowest BCUT2D eigenvalue weighted by atomic mass is 9.98. The summed E-state index contributed by atoms with van der Waals surface area (Å²) in [5.41, 5.74) is 2.71. The molecule has 0 saturated heterocycles. The lowest BCUT2D eigenvalue weighted by molar-refractivity contribution is -0.279. The molecule has 3 nitrogen and oxygen atoms in total. The Bertz CT molecular complexity index is 598. The van der Waals surface area contributed by atoms with Crippen LogP contribution in [0.2, 0.25) is 0 Å². The molecule has 2 aromatic carbocycles. The number of carbonyl (C=O) groups excluding carboxylic acids is 1. The van der Waals surface area contributed by atoms with E-state index in [9.17, 15) is 4.79 Å². The van der Waals surface area contributed by atoms with Gasteiger partial charge < -0.3 is 0 Å². The highest BCUT2D eigenvalue weighted by molar-refractivity contribution is 5.89. The fraction of sp³-hybridized carbons (Fsp3) is 0.316. The number of benzene rings is 2. The molecule has 0 bridgehead atoms. The van der Waals surface area contributed by atoms with Crippen molar-refractivity contribution < 1.29 is 14.6 Å². The molecule has 3 rings (SSSR count). The summed E-state index contributed by atoms with van der Waals surface area (Å²) in [7, 11) is 0. The van der Waals surface area contributed by atoms with Crippen molar-refractivity contribution in [2.24, 2.45) is 0 Å². The number of hydrogen-bond acceptors (Lipinski definition) is 3. The minimum Gasteiger partial charge on any atom is -0.293 e. The number of hydrogen-bond donors (Lipinski definition) is 0. The molecule has 0 spiro atoms. The van der Waals surface area contributed by atoms with Crippen molar-refractivity contribution >= 4 is 5.97 Å². The first-order valence-corrected chi connectivity index (χ1v) is 7.86. The van der Waals surface area contributed by atoms with Crippen LogP contribution in [-0.4, -0.2) is 12.1 Å². The molecular formula is C19H20O3. The summed E-state index contributed by atoms with van der Waals surface area (Å²) in [5.74, 6) is -0.426. The molecule has 1 saturated carbocycles. The van der Waals surface area contributed by atoms with Gasteiger partial charge in [0.1, 0.15) is 6.10 Å². The van der Waals surface area contributed by atoms with Crippen LogP contribution in [0.1, 0.15) is 42.5 Å². The molecule has 2 aromatic rings. The van der Waals surface area contributed by atoms with Crippen LogP contribution < -0.4 is 0 Å².